The molecule has 20 heavy (non-hydrogen) atoms. The molecule has 2 rings (SSSR count). The number of nitrogens with zero attached hydrogens (tertiary/aromatic N) is 1. The molecule has 1 amide bonds. The van der Waals surface area contributed by atoms with E-state index in [4.69, 9.17) is 16.7 Å². The minimum Gasteiger partial charge on any atom is -0.477 e. The largest absolute Gasteiger partial charge is 0.477 e. The van der Waals surface area contributed by atoms with Crippen molar-refractivity contribution in [3.63, 3.8) is 0 Å². The Hall–Kier alpha value is -1.92. The molecule has 102 valence electrons. The van der Waals surface area contributed by atoms with Crippen molar-refractivity contribution in [3.8, 4) is 0 Å². The molecule has 0 atom stereocenters. The highest BCUT2D eigenvalue weighted by atomic mass is 79.9. The van der Waals surface area contributed by atoms with E-state index in [-0.39, 0.29) is 11.3 Å². The van der Waals surface area contributed by atoms with E-state index in [1.807, 2.05) is 0 Å². The second-order valence-corrected chi connectivity index (χ2v) is 5.10. The third kappa shape index (κ3) is 3.34. The molecule has 0 fully saturated rings. The molecule has 1 heterocycles. The van der Waals surface area contributed by atoms with Crippen LogP contribution in [0.3, 0.4) is 0 Å². The van der Waals surface area contributed by atoms with Gasteiger partial charge in [-0.15, -0.1) is 0 Å². The van der Waals surface area contributed by atoms with Crippen molar-refractivity contribution < 1.29 is 14.7 Å². The molecule has 0 bridgehead atoms. The lowest BCUT2D eigenvalue weighted by molar-refractivity contribution is 0.0690. The number of carboxylic acids is 1. The topological polar surface area (TPSA) is 79.3 Å². The molecule has 0 saturated heterocycles. The fourth-order valence-corrected chi connectivity index (χ4v) is 1.99. The van der Waals surface area contributed by atoms with Crippen molar-refractivity contribution in [2.75, 3.05) is 5.32 Å². The van der Waals surface area contributed by atoms with Crippen molar-refractivity contribution in [3.05, 3.63) is 57.3 Å². The summed E-state index contributed by atoms with van der Waals surface area (Å²) >= 11 is 9.14. The predicted molar refractivity (Wildman–Crippen MR) is 78.3 cm³/mol. The predicted octanol–water partition coefficient (Wildman–Crippen LogP) is 3.45. The van der Waals surface area contributed by atoms with Gasteiger partial charge in [-0.3, -0.25) is 4.79 Å². The summed E-state index contributed by atoms with van der Waals surface area (Å²) in [6.07, 6.45) is 1.27. The molecule has 2 N–H and O–H groups in total. The van der Waals surface area contributed by atoms with Crippen LogP contribution in [0.4, 0.5) is 5.69 Å². The number of amides is 1. The number of carbonyl (C=O) groups excluding carboxylic acids is 1. The Bertz CT molecular complexity index is 691. The van der Waals surface area contributed by atoms with E-state index >= 15 is 0 Å². The van der Waals surface area contributed by atoms with Crippen LogP contribution in [0, 0.1) is 0 Å². The SMILES string of the molecule is O=C(Nc1cc(Cl)ccc1Br)c1ccnc(C(=O)O)c1. The van der Waals surface area contributed by atoms with Gasteiger partial charge in [0.25, 0.3) is 5.91 Å². The average Bonchev–Trinajstić information content (AvgIpc) is 2.43. The van der Waals surface area contributed by atoms with Crippen LogP contribution in [-0.4, -0.2) is 22.0 Å². The molecule has 1 aromatic carbocycles. The smallest absolute Gasteiger partial charge is 0.354 e. The highest BCUT2D eigenvalue weighted by Crippen LogP contribution is 2.26. The van der Waals surface area contributed by atoms with Crippen LogP contribution in [0.25, 0.3) is 0 Å². The quantitative estimate of drug-likeness (QED) is 0.884. The van der Waals surface area contributed by atoms with Gasteiger partial charge in [0.2, 0.25) is 0 Å². The number of carboxylic acid groups (broad SMARTS) is 1. The molecular weight excluding hydrogens is 348 g/mol. The first-order valence-corrected chi connectivity index (χ1v) is 6.60. The number of aromatic carboxylic acids is 1. The zero-order valence-corrected chi connectivity index (χ0v) is 12.3. The van der Waals surface area contributed by atoms with E-state index in [2.05, 4.69) is 26.2 Å². The lowest BCUT2D eigenvalue weighted by atomic mass is 10.2. The third-order valence-electron chi connectivity index (χ3n) is 2.42. The van der Waals surface area contributed by atoms with Gasteiger partial charge in [-0.2, -0.15) is 0 Å². The van der Waals surface area contributed by atoms with Crippen molar-refractivity contribution >= 4 is 45.1 Å². The van der Waals surface area contributed by atoms with Crippen LogP contribution in [0.15, 0.2) is 41.0 Å². The summed E-state index contributed by atoms with van der Waals surface area (Å²) in [5, 5.41) is 12.0. The van der Waals surface area contributed by atoms with Gasteiger partial charge in [0, 0.05) is 21.3 Å². The van der Waals surface area contributed by atoms with E-state index in [9.17, 15) is 9.59 Å². The van der Waals surface area contributed by atoms with Crippen LogP contribution >= 0.6 is 27.5 Å². The van der Waals surface area contributed by atoms with E-state index in [0.29, 0.717) is 15.2 Å². The van der Waals surface area contributed by atoms with Gasteiger partial charge >= 0.3 is 5.97 Å². The third-order valence-corrected chi connectivity index (χ3v) is 3.34. The molecule has 0 aliphatic carbocycles. The Labute approximate surface area is 127 Å². The van der Waals surface area contributed by atoms with Gasteiger partial charge in [-0.05, 0) is 46.3 Å². The number of halogens is 2. The molecule has 1 aromatic heterocycles. The highest BCUT2D eigenvalue weighted by molar-refractivity contribution is 9.10. The summed E-state index contributed by atoms with van der Waals surface area (Å²) in [6.45, 7) is 0. The maximum Gasteiger partial charge on any atom is 0.354 e. The molecule has 0 radical (unpaired) electrons. The standard InChI is InChI=1S/C13H8BrClN2O3/c14-9-2-1-8(15)6-10(9)17-12(18)7-3-4-16-11(5-7)13(19)20/h1-6H,(H,17,18)(H,19,20). The van der Waals surface area contributed by atoms with E-state index in [0.717, 1.165) is 0 Å². The van der Waals surface area contributed by atoms with Crippen LogP contribution in [0.2, 0.25) is 5.02 Å². The molecule has 2 aromatic rings. The summed E-state index contributed by atoms with van der Waals surface area (Å²) < 4.78 is 0.669. The molecule has 0 unspecified atom stereocenters. The minimum atomic E-state index is -1.19. The molecule has 7 heteroatoms. The average molecular weight is 356 g/mol. The van der Waals surface area contributed by atoms with Crippen LogP contribution in [0.1, 0.15) is 20.8 Å². The number of rotatable bonds is 3. The van der Waals surface area contributed by atoms with Gasteiger partial charge in [0.05, 0.1) is 5.69 Å². The molecule has 0 aliphatic heterocycles. The van der Waals surface area contributed by atoms with Gasteiger partial charge < -0.3 is 10.4 Å². The zero-order chi connectivity index (χ0) is 14.7. The summed E-state index contributed by atoms with van der Waals surface area (Å²) in [7, 11) is 0. The van der Waals surface area contributed by atoms with Crippen LogP contribution in [0.5, 0.6) is 0 Å². The molecule has 0 aliphatic rings. The van der Waals surface area contributed by atoms with Crippen molar-refractivity contribution in [2.45, 2.75) is 0 Å². The Morgan fingerprint density at radius 1 is 1.25 bits per heavy atom. The first-order chi connectivity index (χ1) is 9.47. The number of aromatic nitrogens is 1. The number of pyridine rings is 1. The Balaban J connectivity index is 2.26. The first-order valence-electron chi connectivity index (χ1n) is 5.43. The van der Waals surface area contributed by atoms with E-state index in [1.165, 1.54) is 18.3 Å². The Kier molecular flexibility index (Phi) is 4.36. The van der Waals surface area contributed by atoms with Crippen molar-refractivity contribution in [1.82, 2.24) is 4.98 Å². The minimum absolute atomic E-state index is 0.192. The number of hydrogen-bond donors (Lipinski definition) is 2. The first kappa shape index (κ1) is 14.5. The molecule has 0 saturated carbocycles. The van der Waals surface area contributed by atoms with E-state index < -0.39 is 11.9 Å². The zero-order valence-electron chi connectivity index (χ0n) is 9.93. The van der Waals surface area contributed by atoms with Crippen LogP contribution < -0.4 is 5.32 Å². The lowest BCUT2D eigenvalue weighted by Crippen LogP contribution is -2.13. The lowest BCUT2D eigenvalue weighted by Gasteiger charge is -2.08. The fraction of sp³-hybridized carbons (Fsp3) is 0. The van der Waals surface area contributed by atoms with Gasteiger partial charge in [0.1, 0.15) is 5.69 Å². The maximum atomic E-state index is 12.1. The second kappa shape index (κ2) is 6.02. The highest BCUT2D eigenvalue weighted by Gasteiger charge is 2.12. The monoisotopic (exact) mass is 354 g/mol. The summed E-state index contributed by atoms with van der Waals surface area (Å²) in [5.41, 5.74) is 0.503. The van der Waals surface area contributed by atoms with Crippen molar-refractivity contribution in [1.29, 1.82) is 0 Å². The fourth-order valence-electron chi connectivity index (χ4n) is 1.48. The van der Waals surface area contributed by atoms with E-state index in [1.54, 1.807) is 18.2 Å². The molecular formula is C13H8BrClN2O3. The Morgan fingerprint density at radius 2 is 2.00 bits per heavy atom. The number of hydrogen-bond acceptors (Lipinski definition) is 3. The number of benzene rings is 1. The summed E-state index contributed by atoms with van der Waals surface area (Å²) in [6, 6.07) is 7.60. The normalized spacial score (nSPS) is 10.1. The summed E-state index contributed by atoms with van der Waals surface area (Å²) in [4.78, 5) is 26.5. The molecule has 0 spiro atoms. The van der Waals surface area contributed by atoms with Gasteiger partial charge in [-0.1, -0.05) is 11.6 Å². The Morgan fingerprint density at radius 3 is 2.70 bits per heavy atom. The second-order valence-electron chi connectivity index (χ2n) is 3.81. The maximum absolute atomic E-state index is 12.1. The number of nitrogens with one attached hydrogen (secondary N) is 1. The van der Waals surface area contributed by atoms with Gasteiger partial charge in [0.15, 0.2) is 0 Å². The molecule has 5 nitrogen and oxygen atoms in total. The van der Waals surface area contributed by atoms with Crippen LogP contribution in [-0.2, 0) is 0 Å². The summed E-state index contributed by atoms with van der Waals surface area (Å²) in [5.74, 6) is -1.64. The number of anilines is 1. The van der Waals surface area contributed by atoms with Crippen molar-refractivity contribution in [2.24, 2.45) is 0 Å². The number of carbonyl (C=O) groups is 2. The van der Waals surface area contributed by atoms with Gasteiger partial charge in [-0.25, -0.2) is 9.78 Å².